The van der Waals surface area contributed by atoms with E-state index < -0.39 is 0 Å². The van der Waals surface area contributed by atoms with Gasteiger partial charge in [0.15, 0.2) is 0 Å². The summed E-state index contributed by atoms with van der Waals surface area (Å²) in [5.74, 6) is 0.554. The quantitative estimate of drug-likeness (QED) is 0.877. The number of benzene rings is 1. The Balaban J connectivity index is 2.04. The Morgan fingerprint density at radius 3 is 3.06 bits per heavy atom. The van der Waals surface area contributed by atoms with E-state index in [1.165, 1.54) is 25.3 Å². The van der Waals surface area contributed by atoms with Crippen molar-refractivity contribution < 1.29 is 4.39 Å². The standard InChI is InChI=1S/C13H17BrFN/c14-13-4-3-12(15)9-11(13)8-10-2-1-6-16-7-5-10/h3-4,9-10,16H,1-2,5-8H2. The number of nitrogens with one attached hydrogen (secondary N) is 1. The van der Waals surface area contributed by atoms with E-state index in [4.69, 9.17) is 0 Å². The maximum Gasteiger partial charge on any atom is 0.123 e. The molecule has 0 bridgehead atoms. The SMILES string of the molecule is Fc1ccc(Br)c(CC2CCCNCC2)c1. The van der Waals surface area contributed by atoms with Crippen LogP contribution in [0.4, 0.5) is 4.39 Å². The molecule has 88 valence electrons. The minimum atomic E-state index is -0.134. The fraction of sp³-hybridized carbons (Fsp3) is 0.538. The smallest absolute Gasteiger partial charge is 0.123 e. The van der Waals surface area contributed by atoms with Crippen LogP contribution in [0, 0.1) is 11.7 Å². The molecule has 16 heavy (non-hydrogen) atoms. The van der Waals surface area contributed by atoms with Crippen molar-refractivity contribution in [1.82, 2.24) is 5.32 Å². The van der Waals surface area contributed by atoms with Gasteiger partial charge in [0.2, 0.25) is 0 Å². The van der Waals surface area contributed by atoms with Crippen LogP contribution >= 0.6 is 15.9 Å². The molecule has 1 aliphatic heterocycles. The zero-order valence-electron chi connectivity index (χ0n) is 9.31. The summed E-state index contributed by atoms with van der Waals surface area (Å²) >= 11 is 3.49. The third-order valence-corrected chi connectivity index (χ3v) is 3.99. The van der Waals surface area contributed by atoms with Crippen LogP contribution in [0.25, 0.3) is 0 Å². The van der Waals surface area contributed by atoms with Gasteiger partial charge in [-0.05, 0) is 68.5 Å². The summed E-state index contributed by atoms with van der Waals surface area (Å²) in [5, 5.41) is 3.40. The molecule has 0 spiro atoms. The van der Waals surface area contributed by atoms with Crippen LogP contribution in [-0.4, -0.2) is 13.1 Å². The fourth-order valence-corrected chi connectivity index (χ4v) is 2.71. The van der Waals surface area contributed by atoms with Crippen molar-refractivity contribution in [3.63, 3.8) is 0 Å². The molecule has 0 aromatic heterocycles. The number of hydrogen-bond acceptors (Lipinski definition) is 1. The molecule has 1 heterocycles. The third kappa shape index (κ3) is 3.29. The molecule has 1 fully saturated rings. The van der Waals surface area contributed by atoms with Crippen molar-refractivity contribution in [2.75, 3.05) is 13.1 Å². The monoisotopic (exact) mass is 285 g/mol. The summed E-state index contributed by atoms with van der Waals surface area (Å²) in [6, 6.07) is 4.96. The average Bonchev–Trinajstić information content (AvgIpc) is 2.52. The number of halogens is 2. The molecular formula is C13H17BrFN. The summed E-state index contributed by atoms with van der Waals surface area (Å²) in [6.07, 6.45) is 4.66. The van der Waals surface area contributed by atoms with Gasteiger partial charge in [0.05, 0.1) is 0 Å². The van der Waals surface area contributed by atoms with Gasteiger partial charge < -0.3 is 5.32 Å². The minimum absolute atomic E-state index is 0.134. The normalized spacial score (nSPS) is 21.8. The predicted molar refractivity (Wildman–Crippen MR) is 68.0 cm³/mol. The molecule has 0 radical (unpaired) electrons. The van der Waals surface area contributed by atoms with E-state index in [2.05, 4.69) is 21.2 Å². The highest BCUT2D eigenvalue weighted by Gasteiger charge is 2.14. The maximum atomic E-state index is 13.1. The maximum absolute atomic E-state index is 13.1. The fourth-order valence-electron chi connectivity index (χ4n) is 2.31. The molecule has 0 amide bonds. The molecule has 1 aromatic carbocycles. The lowest BCUT2D eigenvalue weighted by molar-refractivity contribution is 0.468. The van der Waals surface area contributed by atoms with E-state index in [0.29, 0.717) is 5.92 Å². The van der Waals surface area contributed by atoms with Gasteiger partial charge in [0.1, 0.15) is 5.82 Å². The first kappa shape index (κ1) is 12.1. The van der Waals surface area contributed by atoms with Gasteiger partial charge in [-0.25, -0.2) is 4.39 Å². The second-order valence-electron chi connectivity index (χ2n) is 4.49. The lowest BCUT2D eigenvalue weighted by Gasteiger charge is -2.14. The van der Waals surface area contributed by atoms with E-state index in [0.717, 1.165) is 29.5 Å². The van der Waals surface area contributed by atoms with Crippen LogP contribution in [0.15, 0.2) is 22.7 Å². The van der Waals surface area contributed by atoms with Crippen LogP contribution in [0.5, 0.6) is 0 Å². The Hall–Kier alpha value is -0.410. The Bertz CT molecular complexity index is 346. The second kappa shape index (κ2) is 5.78. The first-order valence-corrected chi connectivity index (χ1v) is 6.69. The van der Waals surface area contributed by atoms with E-state index in [-0.39, 0.29) is 5.82 Å². The largest absolute Gasteiger partial charge is 0.317 e. The molecule has 1 aromatic rings. The van der Waals surface area contributed by atoms with Gasteiger partial charge in [0, 0.05) is 4.47 Å². The highest BCUT2D eigenvalue weighted by atomic mass is 79.9. The molecule has 0 saturated carbocycles. The highest BCUT2D eigenvalue weighted by Crippen LogP contribution is 2.25. The Labute approximate surface area is 105 Å². The van der Waals surface area contributed by atoms with Crippen molar-refractivity contribution in [2.45, 2.75) is 25.7 Å². The number of hydrogen-bond donors (Lipinski definition) is 1. The van der Waals surface area contributed by atoms with Crippen molar-refractivity contribution >= 4 is 15.9 Å². The summed E-state index contributed by atoms with van der Waals surface area (Å²) in [5.41, 5.74) is 1.10. The van der Waals surface area contributed by atoms with Gasteiger partial charge in [-0.15, -0.1) is 0 Å². The van der Waals surface area contributed by atoms with Gasteiger partial charge >= 0.3 is 0 Å². The van der Waals surface area contributed by atoms with Gasteiger partial charge in [-0.3, -0.25) is 0 Å². The lowest BCUT2D eigenvalue weighted by Crippen LogP contribution is -2.14. The summed E-state index contributed by atoms with van der Waals surface area (Å²) in [6.45, 7) is 2.22. The van der Waals surface area contributed by atoms with E-state index >= 15 is 0 Å². The van der Waals surface area contributed by atoms with E-state index in [9.17, 15) is 4.39 Å². The molecule has 0 aliphatic carbocycles. The first-order chi connectivity index (χ1) is 7.75. The first-order valence-electron chi connectivity index (χ1n) is 5.90. The molecule has 2 rings (SSSR count). The van der Waals surface area contributed by atoms with Crippen molar-refractivity contribution in [3.05, 3.63) is 34.1 Å². The second-order valence-corrected chi connectivity index (χ2v) is 5.34. The van der Waals surface area contributed by atoms with Gasteiger partial charge in [-0.2, -0.15) is 0 Å². The van der Waals surface area contributed by atoms with Crippen molar-refractivity contribution in [2.24, 2.45) is 5.92 Å². The molecule has 1 N–H and O–H groups in total. The highest BCUT2D eigenvalue weighted by molar-refractivity contribution is 9.10. The average molecular weight is 286 g/mol. The molecule has 3 heteroatoms. The zero-order valence-corrected chi connectivity index (χ0v) is 10.9. The molecular weight excluding hydrogens is 269 g/mol. The third-order valence-electron chi connectivity index (χ3n) is 3.21. The summed E-state index contributed by atoms with van der Waals surface area (Å²) < 4.78 is 14.2. The summed E-state index contributed by atoms with van der Waals surface area (Å²) in [7, 11) is 0. The Morgan fingerprint density at radius 1 is 1.31 bits per heavy atom. The molecule has 1 aliphatic rings. The van der Waals surface area contributed by atoms with Crippen LogP contribution in [0.2, 0.25) is 0 Å². The molecule has 1 unspecified atom stereocenters. The Kier molecular flexibility index (Phi) is 4.36. The van der Waals surface area contributed by atoms with E-state index in [1.54, 1.807) is 12.1 Å². The van der Waals surface area contributed by atoms with Crippen molar-refractivity contribution in [1.29, 1.82) is 0 Å². The van der Waals surface area contributed by atoms with Crippen LogP contribution < -0.4 is 5.32 Å². The van der Waals surface area contributed by atoms with Crippen LogP contribution in [0.3, 0.4) is 0 Å². The van der Waals surface area contributed by atoms with Crippen LogP contribution in [0.1, 0.15) is 24.8 Å². The zero-order chi connectivity index (χ0) is 11.4. The lowest BCUT2D eigenvalue weighted by atomic mass is 9.93. The predicted octanol–water partition coefficient (Wildman–Crippen LogP) is 3.52. The summed E-state index contributed by atoms with van der Waals surface area (Å²) in [4.78, 5) is 0. The minimum Gasteiger partial charge on any atom is -0.317 e. The number of rotatable bonds is 2. The van der Waals surface area contributed by atoms with Gasteiger partial charge in [0.25, 0.3) is 0 Å². The van der Waals surface area contributed by atoms with E-state index in [1.807, 2.05) is 0 Å². The van der Waals surface area contributed by atoms with Crippen LogP contribution in [-0.2, 0) is 6.42 Å². The Morgan fingerprint density at radius 2 is 2.19 bits per heavy atom. The van der Waals surface area contributed by atoms with Gasteiger partial charge in [-0.1, -0.05) is 15.9 Å². The topological polar surface area (TPSA) is 12.0 Å². The van der Waals surface area contributed by atoms with Crippen molar-refractivity contribution in [3.8, 4) is 0 Å². The molecule has 1 saturated heterocycles. The molecule has 1 atom stereocenters. The molecule has 1 nitrogen and oxygen atoms in total.